The predicted octanol–water partition coefficient (Wildman–Crippen LogP) is 4.70. The van der Waals surface area contributed by atoms with Gasteiger partial charge in [0.2, 0.25) is 10.0 Å². The zero-order valence-corrected chi connectivity index (χ0v) is 20.5. The van der Waals surface area contributed by atoms with E-state index in [1.54, 1.807) is 72.8 Å². The zero-order chi connectivity index (χ0) is 24.7. The molecule has 3 rings (SSSR count). The van der Waals surface area contributed by atoms with Crippen molar-refractivity contribution < 1.29 is 18.0 Å². The standard InChI is InChI=1S/C25H26ClN3O4S/c1-3-16-27-25(31)22-6-4-5-7-23(22)28-24(30)19-10-14-21(15-11-19)29(34(2,32)33)17-18-8-12-20(26)13-9-18/h4-15H,3,16-17H2,1-2H3,(H,27,31)(H,28,30). The van der Waals surface area contributed by atoms with Gasteiger partial charge in [-0.15, -0.1) is 0 Å². The fourth-order valence-electron chi connectivity index (χ4n) is 3.25. The number of hydrogen-bond donors (Lipinski definition) is 2. The van der Waals surface area contributed by atoms with E-state index in [0.717, 1.165) is 18.2 Å². The molecule has 2 N–H and O–H groups in total. The minimum atomic E-state index is -3.58. The first-order valence-corrected chi connectivity index (χ1v) is 12.9. The zero-order valence-electron chi connectivity index (χ0n) is 18.9. The van der Waals surface area contributed by atoms with Crippen molar-refractivity contribution in [2.75, 3.05) is 22.4 Å². The van der Waals surface area contributed by atoms with Gasteiger partial charge in [-0.1, -0.05) is 42.8 Å². The summed E-state index contributed by atoms with van der Waals surface area (Å²) in [5, 5.41) is 6.13. The summed E-state index contributed by atoms with van der Waals surface area (Å²) in [6, 6.07) is 19.9. The lowest BCUT2D eigenvalue weighted by molar-refractivity contribution is 0.0954. The topological polar surface area (TPSA) is 95.6 Å². The van der Waals surface area contributed by atoms with Crippen LogP contribution in [0.5, 0.6) is 0 Å². The molecule has 178 valence electrons. The minimum absolute atomic E-state index is 0.127. The fraction of sp³-hybridized carbons (Fsp3) is 0.200. The molecule has 0 aliphatic rings. The number of para-hydroxylation sites is 1. The molecule has 0 heterocycles. The number of amides is 2. The molecule has 0 aliphatic carbocycles. The average molecular weight is 500 g/mol. The fourth-order valence-corrected chi connectivity index (χ4v) is 4.27. The lowest BCUT2D eigenvalue weighted by Gasteiger charge is -2.23. The van der Waals surface area contributed by atoms with Crippen molar-refractivity contribution >= 4 is 44.8 Å². The number of hydrogen-bond acceptors (Lipinski definition) is 4. The quantitative estimate of drug-likeness (QED) is 0.446. The smallest absolute Gasteiger partial charge is 0.255 e. The molecule has 0 atom stereocenters. The van der Waals surface area contributed by atoms with Crippen molar-refractivity contribution in [3.63, 3.8) is 0 Å². The summed E-state index contributed by atoms with van der Waals surface area (Å²) in [5.74, 6) is -0.676. The van der Waals surface area contributed by atoms with E-state index in [4.69, 9.17) is 11.6 Å². The number of nitrogens with one attached hydrogen (secondary N) is 2. The first-order valence-electron chi connectivity index (χ1n) is 10.7. The molecular formula is C25H26ClN3O4S. The van der Waals surface area contributed by atoms with E-state index >= 15 is 0 Å². The Morgan fingerprint density at radius 2 is 1.56 bits per heavy atom. The Kier molecular flexibility index (Phi) is 8.31. The second kappa shape index (κ2) is 11.2. The highest BCUT2D eigenvalue weighted by Crippen LogP contribution is 2.23. The largest absolute Gasteiger partial charge is 0.352 e. The number of carbonyl (C=O) groups is 2. The molecule has 0 bridgehead atoms. The van der Waals surface area contributed by atoms with E-state index in [1.165, 1.54) is 4.31 Å². The number of sulfonamides is 1. The molecule has 2 amide bonds. The second-order valence-electron chi connectivity index (χ2n) is 7.70. The van der Waals surface area contributed by atoms with Gasteiger partial charge >= 0.3 is 0 Å². The summed E-state index contributed by atoms with van der Waals surface area (Å²) >= 11 is 5.92. The van der Waals surface area contributed by atoms with E-state index in [0.29, 0.717) is 34.1 Å². The highest BCUT2D eigenvalue weighted by Gasteiger charge is 2.19. The minimum Gasteiger partial charge on any atom is -0.352 e. The number of rotatable bonds is 9. The SMILES string of the molecule is CCCNC(=O)c1ccccc1NC(=O)c1ccc(N(Cc2ccc(Cl)cc2)S(C)(=O)=O)cc1. The monoisotopic (exact) mass is 499 g/mol. The van der Waals surface area contributed by atoms with Crippen molar-refractivity contribution in [3.8, 4) is 0 Å². The van der Waals surface area contributed by atoms with Crippen LogP contribution in [0.25, 0.3) is 0 Å². The van der Waals surface area contributed by atoms with Gasteiger partial charge in [0.15, 0.2) is 0 Å². The Bertz CT molecular complexity index is 1260. The Morgan fingerprint density at radius 1 is 0.912 bits per heavy atom. The molecule has 0 spiro atoms. The van der Waals surface area contributed by atoms with Gasteiger partial charge in [0.1, 0.15) is 0 Å². The van der Waals surface area contributed by atoms with Gasteiger partial charge < -0.3 is 10.6 Å². The molecule has 9 heteroatoms. The Morgan fingerprint density at radius 3 is 2.18 bits per heavy atom. The van der Waals surface area contributed by atoms with Crippen LogP contribution in [0.15, 0.2) is 72.8 Å². The lowest BCUT2D eigenvalue weighted by Crippen LogP contribution is -2.29. The molecule has 0 aromatic heterocycles. The van der Waals surface area contributed by atoms with Crippen LogP contribution in [0, 0.1) is 0 Å². The van der Waals surface area contributed by atoms with E-state index < -0.39 is 15.9 Å². The van der Waals surface area contributed by atoms with Crippen LogP contribution in [-0.4, -0.2) is 33.0 Å². The summed E-state index contributed by atoms with van der Waals surface area (Å²) in [7, 11) is -3.58. The van der Waals surface area contributed by atoms with Gasteiger partial charge in [0, 0.05) is 17.1 Å². The van der Waals surface area contributed by atoms with Crippen LogP contribution < -0.4 is 14.9 Å². The van der Waals surface area contributed by atoms with Gasteiger partial charge in [-0.3, -0.25) is 13.9 Å². The van der Waals surface area contributed by atoms with Gasteiger partial charge in [-0.05, 0) is 60.5 Å². The van der Waals surface area contributed by atoms with Gasteiger partial charge in [-0.25, -0.2) is 8.42 Å². The third-order valence-electron chi connectivity index (χ3n) is 5.01. The average Bonchev–Trinajstić information content (AvgIpc) is 2.82. The first kappa shape index (κ1) is 25.3. The van der Waals surface area contributed by atoms with Crippen LogP contribution in [0.1, 0.15) is 39.6 Å². The molecule has 0 fully saturated rings. The van der Waals surface area contributed by atoms with Crippen molar-refractivity contribution in [2.45, 2.75) is 19.9 Å². The maximum absolute atomic E-state index is 12.8. The third kappa shape index (κ3) is 6.59. The molecule has 0 radical (unpaired) electrons. The summed E-state index contributed by atoms with van der Waals surface area (Å²) in [5.41, 5.74) is 2.29. The molecule has 3 aromatic carbocycles. The van der Waals surface area contributed by atoms with Crippen LogP contribution in [0.3, 0.4) is 0 Å². The van der Waals surface area contributed by atoms with Crippen LogP contribution in [0.4, 0.5) is 11.4 Å². The number of benzene rings is 3. The second-order valence-corrected chi connectivity index (χ2v) is 10.0. The highest BCUT2D eigenvalue weighted by molar-refractivity contribution is 7.92. The Hall–Kier alpha value is -3.36. The van der Waals surface area contributed by atoms with Crippen LogP contribution >= 0.6 is 11.6 Å². The highest BCUT2D eigenvalue weighted by atomic mass is 35.5. The van der Waals surface area contributed by atoms with Gasteiger partial charge in [0.05, 0.1) is 29.7 Å². The predicted molar refractivity (Wildman–Crippen MR) is 136 cm³/mol. The molecule has 0 aliphatic heterocycles. The van der Waals surface area contributed by atoms with E-state index in [9.17, 15) is 18.0 Å². The molecule has 0 saturated heterocycles. The van der Waals surface area contributed by atoms with E-state index in [2.05, 4.69) is 10.6 Å². The van der Waals surface area contributed by atoms with Crippen LogP contribution in [0.2, 0.25) is 5.02 Å². The van der Waals surface area contributed by atoms with E-state index in [1.807, 2.05) is 6.92 Å². The Balaban J connectivity index is 1.78. The normalized spacial score (nSPS) is 11.0. The molecule has 3 aromatic rings. The number of carbonyl (C=O) groups excluding carboxylic acids is 2. The van der Waals surface area contributed by atoms with Crippen molar-refractivity contribution in [1.82, 2.24) is 5.32 Å². The first-order chi connectivity index (χ1) is 16.2. The molecule has 34 heavy (non-hydrogen) atoms. The lowest BCUT2D eigenvalue weighted by atomic mass is 10.1. The van der Waals surface area contributed by atoms with E-state index in [-0.39, 0.29) is 12.5 Å². The van der Waals surface area contributed by atoms with Crippen molar-refractivity contribution in [2.24, 2.45) is 0 Å². The maximum Gasteiger partial charge on any atom is 0.255 e. The summed E-state index contributed by atoms with van der Waals surface area (Å²) in [4.78, 5) is 25.2. The molecule has 7 nitrogen and oxygen atoms in total. The van der Waals surface area contributed by atoms with Crippen molar-refractivity contribution in [1.29, 1.82) is 0 Å². The molecule has 0 saturated carbocycles. The number of anilines is 2. The Labute approximate surface area is 204 Å². The molecule has 0 unspecified atom stereocenters. The van der Waals surface area contributed by atoms with Gasteiger partial charge in [-0.2, -0.15) is 0 Å². The third-order valence-corrected chi connectivity index (χ3v) is 6.41. The number of halogens is 1. The summed E-state index contributed by atoms with van der Waals surface area (Å²) < 4.78 is 26.1. The van der Waals surface area contributed by atoms with Crippen molar-refractivity contribution in [3.05, 3.63) is 94.5 Å². The summed E-state index contributed by atoms with van der Waals surface area (Å²) in [6.07, 6.45) is 1.93. The van der Waals surface area contributed by atoms with Gasteiger partial charge in [0.25, 0.3) is 11.8 Å². The summed E-state index contributed by atoms with van der Waals surface area (Å²) in [6.45, 7) is 2.62. The molecular weight excluding hydrogens is 474 g/mol. The maximum atomic E-state index is 12.8. The number of nitrogens with zero attached hydrogens (tertiary/aromatic N) is 1. The van der Waals surface area contributed by atoms with Crippen LogP contribution in [-0.2, 0) is 16.6 Å².